The van der Waals surface area contributed by atoms with E-state index in [1.54, 1.807) is 17.3 Å². The molecule has 13 nitrogen and oxygen atoms in total. The molecule has 0 N–H and O–H groups in total. The fraction of sp³-hybridized carbons (Fsp3) is 0.500. The zero-order valence-corrected chi connectivity index (χ0v) is 25.1. The molecule has 0 unspecified atom stereocenters. The van der Waals surface area contributed by atoms with Gasteiger partial charge in [0.05, 0.1) is 53.7 Å². The molecule has 4 aromatic heterocycles. The first-order valence-electron chi connectivity index (χ1n) is 14.0. The fourth-order valence-corrected chi connectivity index (χ4v) is 6.21. The van der Waals surface area contributed by atoms with E-state index in [2.05, 4.69) is 38.9 Å². The van der Waals surface area contributed by atoms with Gasteiger partial charge in [-0.1, -0.05) is 0 Å². The van der Waals surface area contributed by atoms with Crippen LogP contribution in [0.25, 0.3) is 22.4 Å². The van der Waals surface area contributed by atoms with Gasteiger partial charge in [0.1, 0.15) is 17.2 Å². The average Bonchev–Trinajstić information content (AvgIpc) is 3.51. The van der Waals surface area contributed by atoms with Gasteiger partial charge in [-0.05, 0) is 59.6 Å². The topological polar surface area (TPSA) is 147 Å². The minimum absolute atomic E-state index is 0.0661. The average molecular weight is 595 g/mol. The molecule has 5 heterocycles. The number of hydrogen-bond donors (Lipinski definition) is 0. The highest BCUT2D eigenvalue weighted by molar-refractivity contribution is 7.90. The van der Waals surface area contributed by atoms with Crippen molar-refractivity contribution in [3.05, 3.63) is 48.3 Å². The monoisotopic (exact) mass is 594 g/mol. The van der Waals surface area contributed by atoms with Gasteiger partial charge in [0.25, 0.3) is 16.0 Å². The Hall–Kier alpha value is -4.07. The van der Waals surface area contributed by atoms with E-state index >= 15 is 0 Å². The number of likely N-dealkylation sites (tertiary alicyclic amines) is 1. The van der Waals surface area contributed by atoms with Crippen molar-refractivity contribution in [1.82, 2.24) is 38.6 Å². The van der Waals surface area contributed by atoms with E-state index in [0.29, 0.717) is 55.3 Å². The van der Waals surface area contributed by atoms with Crippen molar-refractivity contribution in [3.8, 4) is 17.4 Å². The molecule has 2 aliphatic rings. The quantitative estimate of drug-likeness (QED) is 0.296. The van der Waals surface area contributed by atoms with Crippen LogP contribution in [0.4, 0.5) is 4.79 Å². The Bertz CT molecular complexity index is 1750. The number of fused-ring (bicyclic) bond motifs is 1. The van der Waals surface area contributed by atoms with Crippen LogP contribution in [-0.2, 0) is 21.2 Å². The summed E-state index contributed by atoms with van der Waals surface area (Å²) in [4.78, 5) is 32.2. The molecular formula is C28H34N8O5S. The van der Waals surface area contributed by atoms with Crippen molar-refractivity contribution >= 4 is 27.1 Å². The predicted molar refractivity (Wildman–Crippen MR) is 154 cm³/mol. The first kappa shape index (κ1) is 28.1. The maximum Gasteiger partial charge on any atom is 0.410 e. The van der Waals surface area contributed by atoms with Gasteiger partial charge in [-0.3, -0.25) is 9.55 Å². The maximum absolute atomic E-state index is 12.5. The van der Waals surface area contributed by atoms with Crippen LogP contribution in [0.5, 0.6) is 6.01 Å². The molecule has 1 saturated carbocycles. The number of rotatable bonds is 8. The lowest BCUT2D eigenvalue weighted by molar-refractivity contribution is -0.0253. The molecule has 0 bridgehead atoms. The van der Waals surface area contributed by atoms with E-state index in [-0.39, 0.29) is 23.5 Å². The minimum atomic E-state index is -3.46. The molecule has 1 aliphatic carbocycles. The minimum Gasteiger partial charge on any atom is -0.458 e. The molecule has 0 atom stereocenters. The van der Waals surface area contributed by atoms with Gasteiger partial charge >= 0.3 is 6.09 Å². The van der Waals surface area contributed by atoms with Gasteiger partial charge in [0.2, 0.25) is 0 Å². The molecule has 0 radical (unpaired) electrons. The van der Waals surface area contributed by atoms with E-state index in [1.807, 2.05) is 37.5 Å². The normalized spacial score (nSPS) is 16.2. The second-order valence-corrected chi connectivity index (χ2v) is 14.1. The SMILES string of the molecule is CC(C)n1c(OC2CN(C(=O)OC(C)(C)C)C2)nc2cnc(Cc3ccnc(-c4cnn(S(=O)(=O)C5CC5)c4)n3)cc21. The van der Waals surface area contributed by atoms with Crippen LogP contribution in [0.15, 0.2) is 36.9 Å². The zero-order chi connectivity index (χ0) is 29.8. The highest BCUT2D eigenvalue weighted by Crippen LogP contribution is 2.31. The lowest BCUT2D eigenvalue weighted by Crippen LogP contribution is -2.57. The van der Waals surface area contributed by atoms with Gasteiger partial charge in [-0.25, -0.2) is 23.2 Å². The third-order valence-electron chi connectivity index (χ3n) is 6.99. The number of nitrogens with zero attached hydrogens (tertiary/aromatic N) is 8. The Morgan fingerprint density at radius 2 is 1.86 bits per heavy atom. The van der Waals surface area contributed by atoms with Gasteiger partial charge in [0.15, 0.2) is 5.82 Å². The largest absolute Gasteiger partial charge is 0.458 e. The summed E-state index contributed by atoms with van der Waals surface area (Å²) >= 11 is 0. The van der Waals surface area contributed by atoms with Gasteiger partial charge in [-0.2, -0.15) is 14.2 Å². The molecule has 0 spiro atoms. The first-order chi connectivity index (χ1) is 19.9. The Labute approximate surface area is 244 Å². The van der Waals surface area contributed by atoms with Crippen molar-refractivity contribution in [2.45, 2.75) is 76.9 Å². The Morgan fingerprint density at radius 1 is 1.10 bits per heavy atom. The number of carbonyl (C=O) groups is 1. The summed E-state index contributed by atoms with van der Waals surface area (Å²) in [6, 6.07) is 4.33. The summed E-state index contributed by atoms with van der Waals surface area (Å²) in [7, 11) is -3.46. The van der Waals surface area contributed by atoms with Crippen molar-refractivity contribution < 1.29 is 22.7 Å². The van der Waals surface area contributed by atoms with Crippen LogP contribution in [0, 0.1) is 0 Å². The van der Waals surface area contributed by atoms with E-state index in [4.69, 9.17) is 9.47 Å². The molecule has 1 aliphatic heterocycles. The van der Waals surface area contributed by atoms with E-state index < -0.39 is 15.6 Å². The Balaban J connectivity index is 1.18. The summed E-state index contributed by atoms with van der Waals surface area (Å²) in [6.45, 7) is 10.5. The van der Waals surface area contributed by atoms with E-state index in [0.717, 1.165) is 21.0 Å². The highest BCUT2D eigenvalue weighted by Gasteiger charge is 2.38. The van der Waals surface area contributed by atoms with E-state index in [9.17, 15) is 13.2 Å². The van der Waals surface area contributed by atoms with Crippen LogP contribution in [0.2, 0.25) is 0 Å². The van der Waals surface area contributed by atoms with Crippen LogP contribution in [0.3, 0.4) is 0 Å². The molecule has 4 aromatic rings. The number of imidazole rings is 1. The summed E-state index contributed by atoms with van der Waals surface area (Å²) in [5, 5.41) is 3.69. The number of hydrogen-bond acceptors (Lipinski definition) is 10. The Kier molecular flexibility index (Phi) is 6.90. The summed E-state index contributed by atoms with van der Waals surface area (Å²) < 4.78 is 39.7. The number of pyridine rings is 1. The predicted octanol–water partition coefficient (Wildman–Crippen LogP) is 3.59. The van der Waals surface area contributed by atoms with Crippen LogP contribution in [-0.4, -0.2) is 83.1 Å². The van der Waals surface area contributed by atoms with Crippen LogP contribution in [0.1, 0.15) is 64.9 Å². The van der Waals surface area contributed by atoms with Crippen molar-refractivity contribution in [3.63, 3.8) is 0 Å². The molecule has 1 amide bonds. The zero-order valence-electron chi connectivity index (χ0n) is 24.3. The number of aromatic nitrogens is 7. The van der Waals surface area contributed by atoms with Crippen molar-refractivity contribution in [1.29, 1.82) is 0 Å². The number of carbonyl (C=O) groups excluding carboxylic acids is 1. The van der Waals surface area contributed by atoms with Crippen molar-refractivity contribution in [2.24, 2.45) is 0 Å². The molecule has 222 valence electrons. The summed E-state index contributed by atoms with van der Waals surface area (Å²) in [5.41, 5.74) is 3.09. The third-order valence-corrected chi connectivity index (χ3v) is 9.02. The number of amides is 1. The molecule has 0 aromatic carbocycles. The highest BCUT2D eigenvalue weighted by atomic mass is 32.2. The molecule has 42 heavy (non-hydrogen) atoms. The first-order valence-corrected chi connectivity index (χ1v) is 15.5. The smallest absolute Gasteiger partial charge is 0.410 e. The maximum atomic E-state index is 12.5. The Morgan fingerprint density at radius 3 is 2.55 bits per heavy atom. The van der Waals surface area contributed by atoms with Gasteiger partial charge < -0.3 is 14.4 Å². The lowest BCUT2D eigenvalue weighted by atomic mass is 10.2. The van der Waals surface area contributed by atoms with Crippen LogP contribution < -0.4 is 4.74 Å². The van der Waals surface area contributed by atoms with Gasteiger partial charge in [0, 0.05) is 24.4 Å². The lowest BCUT2D eigenvalue weighted by Gasteiger charge is -2.39. The summed E-state index contributed by atoms with van der Waals surface area (Å²) in [5.74, 6) is 0.398. The second-order valence-electron chi connectivity index (χ2n) is 12.0. The summed E-state index contributed by atoms with van der Waals surface area (Å²) in [6.07, 6.45) is 7.55. The molecule has 14 heteroatoms. The number of ether oxygens (including phenoxy) is 2. The van der Waals surface area contributed by atoms with Crippen molar-refractivity contribution in [2.75, 3.05) is 13.1 Å². The molecule has 2 fully saturated rings. The second kappa shape index (κ2) is 10.3. The van der Waals surface area contributed by atoms with Gasteiger partial charge in [-0.15, -0.1) is 0 Å². The van der Waals surface area contributed by atoms with E-state index in [1.165, 1.54) is 12.4 Å². The molecule has 6 rings (SSSR count). The van der Waals surface area contributed by atoms with Crippen LogP contribution >= 0.6 is 0 Å². The standard InChI is InChI=1S/C28H34N8O5S/c1-17(2)36-24-11-20(30-13-23(24)33-26(36)40-21-15-34(16-21)27(37)41-28(3,4)5)10-19-8-9-29-25(32-19)18-12-31-35(14-18)42(38,39)22-6-7-22/h8-9,11-14,17,21-22H,6-7,10,15-16H2,1-5H3. The third kappa shape index (κ3) is 5.67. The molecule has 1 saturated heterocycles. The molecular weight excluding hydrogens is 560 g/mol. The fourth-order valence-electron chi connectivity index (χ4n) is 4.73.